The van der Waals surface area contributed by atoms with Crippen LogP contribution in [0.15, 0.2) is 60.9 Å². The fourth-order valence-electron chi connectivity index (χ4n) is 4.58. The first kappa shape index (κ1) is 25.5. The van der Waals surface area contributed by atoms with Crippen LogP contribution in [0.5, 0.6) is 17.2 Å². The molecule has 2 N–H and O–H groups in total. The lowest BCUT2D eigenvalue weighted by molar-refractivity contribution is 0.203. The number of methoxy groups -OCH3 is 2. The number of nitrogens with zero attached hydrogens (tertiary/aromatic N) is 4. The molecule has 0 aliphatic carbocycles. The molecule has 0 saturated carbocycles. The second kappa shape index (κ2) is 12.4. The van der Waals surface area contributed by atoms with Crippen molar-refractivity contribution in [3.8, 4) is 17.2 Å². The minimum atomic E-state index is 0.464. The summed E-state index contributed by atoms with van der Waals surface area (Å²) in [6.07, 6.45) is 8.44. The summed E-state index contributed by atoms with van der Waals surface area (Å²) in [6.45, 7) is 4.15. The number of aromatic nitrogens is 3. The summed E-state index contributed by atoms with van der Waals surface area (Å²) in [5.74, 6) is 3.29. The molecule has 1 aliphatic rings. The van der Waals surface area contributed by atoms with Crippen molar-refractivity contribution >= 4 is 34.0 Å². The molecule has 3 heterocycles. The van der Waals surface area contributed by atoms with Crippen molar-refractivity contribution in [2.75, 3.05) is 51.1 Å². The fraction of sp³-hybridized carbons (Fsp3) is 0.345. The number of piperidine rings is 1. The largest absolute Gasteiger partial charge is 0.497 e. The van der Waals surface area contributed by atoms with E-state index in [4.69, 9.17) is 14.2 Å². The maximum atomic E-state index is 6.02. The van der Waals surface area contributed by atoms with Crippen molar-refractivity contribution in [2.24, 2.45) is 0 Å². The van der Waals surface area contributed by atoms with Gasteiger partial charge in [0.25, 0.3) is 0 Å². The van der Waals surface area contributed by atoms with E-state index < -0.39 is 0 Å². The third kappa shape index (κ3) is 6.60. The van der Waals surface area contributed by atoms with E-state index in [1.54, 1.807) is 26.6 Å². The molecule has 38 heavy (non-hydrogen) atoms. The molecule has 9 nitrogen and oxygen atoms in total. The second-order valence-corrected chi connectivity index (χ2v) is 9.27. The summed E-state index contributed by atoms with van der Waals surface area (Å²) in [5.41, 5.74) is 2.50. The average molecular weight is 515 g/mol. The zero-order valence-corrected chi connectivity index (χ0v) is 21.9. The molecule has 0 spiro atoms. The van der Waals surface area contributed by atoms with Gasteiger partial charge in [0.15, 0.2) is 11.5 Å². The lowest BCUT2D eigenvalue weighted by Gasteiger charge is -2.26. The first-order valence-corrected chi connectivity index (χ1v) is 13.0. The number of likely N-dealkylation sites (tertiary alicyclic amines) is 1. The molecule has 0 atom stereocenters. The Morgan fingerprint density at radius 3 is 2.58 bits per heavy atom. The van der Waals surface area contributed by atoms with Gasteiger partial charge in [-0.25, -0.2) is 4.98 Å². The number of hydrogen-bond donors (Lipinski definition) is 2. The van der Waals surface area contributed by atoms with Crippen LogP contribution in [0.1, 0.15) is 25.7 Å². The number of rotatable bonds is 11. The minimum absolute atomic E-state index is 0.464. The summed E-state index contributed by atoms with van der Waals surface area (Å²) in [5, 5.41) is 7.56. The Morgan fingerprint density at radius 1 is 0.842 bits per heavy atom. The van der Waals surface area contributed by atoms with E-state index in [9.17, 15) is 0 Å². The minimum Gasteiger partial charge on any atom is -0.497 e. The maximum Gasteiger partial charge on any atom is 0.229 e. The summed E-state index contributed by atoms with van der Waals surface area (Å²) < 4.78 is 16.9. The highest BCUT2D eigenvalue weighted by molar-refractivity contribution is 5.83. The predicted molar refractivity (Wildman–Crippen MR) is 150 cm³/mol. The van der Waals surface area contributed by atoms with E-state index in [-0.39, 0.29) is 0 Å². The number of hydrogen-bond acceptors (Lipinski definition) is 9. The summed E-state index contributed by atoms with van der Waals surface area (Å²) >= 11 is 0. The Kier molecular flexibility index (Phi) is 8.35. The Labute approximate surface area is 223 Å². The van der Waals surface area contributed by atoms with Gasteiger partial charge in [-0.1, -0.05) is 6.42 Å². The lowest BCUT2D eigenvalue weighted by atomic mass is 10.1. The van der Waals surface area contributed by atoms with Crippen LogP contribution in [-0.4, -0.2) is 60.3 Å². The third-order valence-electron chi connectivity index (χ3n) is 6.56. The normalized spacial score (nSPS) is 13.7. The molecule has 1 fully saturated rings. The van der Waals surface area contributed by atoms with Crippen LogP contribution < -0.4 is 24.8 Å². The number of nitrogens with one attached hydrogen (secondary N) is 2. The van der Waals surface area contributed by atoms with E-state index in [2.05, 4.69) is 30.5 Å². The fourth-order valence-corrected chi connectivity index (χ4v) is 4.58. The van der Waals surface area contributed by atoms with E-state index in [0.29, 0.717) is 24.1 Å². The van der Waals surface area contributed by atoms with Gasteiger partial charge in [-0.05, 0) is 68.8 Å². The van der Waals surface area contributed by atoms with Crippen LogP contribution in [0, 0.1) is 0 Å². The topological polar surface area (TPSA) is 93.7 Å². The first-order valence-electron chi connectivity index (χ1n) is 13.0. The Balaban J connectivity index is 1.19. The highest BCUT2D eigenvalue weighted by Gasteiger charge is 2.11. The zero-order valence-electron chi connectivity index (χ0n) is 21.9. The highest BCUT2D eigenvalue weighted by Crippen LogP contribution is 2.31. The van der Waals surface area contributed by atoms with Gasteiger partial charge in [-0.15, -0.1) is 0 Å². The van der Waals surface area contributed by atoms with E-state index in [1.165, 1.54) is 32.4 Å². The highest BCUT2D eigenvalue weighted by atomic mass is 16.5. The molecular weight excluding hydrogens is 480 g/mol. The van der Waals surface area contributed by atoms with Gasteiger partial charge in [-0.3, -0.25) is 4.98 Å². The SMILES string of the molecule is COc1ccc2cc(Nc3ccnc(Nc4ccc(OCCCN5CCCCC5)c(OC)c4)n3)cnc2c1. The monoisotopic (exact) mass is 514 g/mol. The van der Waals surface area contributed by atoms with Crippen LogP contribution in [-0.2, 0) is 0 Å². The molecule has 0 radical (unpaired) electrons. The molecule has 4 aromatic rings. The van der Waals surface area contributed by atoms with Crippen LogP contribution in [0.3, 0.4) is 0 Å². The first-order chi connectivity index (χ1) is 18.7. The number of pyridine rings is 1. The van der Waals surface area contributed by atoms with Gasteiger partial charge < -0.3 is 29.7 Å². The van der Waals surface area contributed by atoms with Crippen molar-refractivity contribution in [1.82, 2.24) is 19.9 Å². The Morgan fingerprint density at radius 2 is 1.74 bits per heavy atom. The van der Waals surface area contributed by atoms with E-state index in [1.807, 2.05) is 48.5 Å². The third-order valence-corrected chi connectivity index (χ3v) is 6.56. The number of benzene rings is 2. The van der Waals surface area contributed by atoms with Gasteiger partial charge in [-0.2, -0.15) is 4.98 Å². The molecule has 2 aromatic heterocycles. The summed E-state index contributed by atoms with van der Waals surface area (Å²) in [4.78, 5) is 16.0. The van der Waals surface area contributed by atoms with Gasteiger partial charge in [0, 0.05) is 35.9 Å². The van der Waals surface area contributed by atoms with Crippen LogP contribution in [0.4, 0.5) is 23.1 Å². The predicted octanol–water partition coefficient (Wildman–Crippen LogP) is 5.78. The smallest absolute Gasteiger partial charge is 0.229 e. The van der Waals surface area contributed by atoms with Crippen molar-refractivity contribution in [3.05, 3.63) is 60.9 Å². The Bertz CT molecular complexity index is 1360. The molecule has 9 heteroatoms. The molecule has 0 bridgehead atoms. The maximum absolute atomic E-state index is 6.02. The van der Waals surface area contributed by atoms with Gasteiger partial charge in [0.1, 0.15) is 11.6 Å². The molecule has 2 aromatic carbocycles. The number of anilines is 4. The van der Waals surface area contributed by atoms with Crippen LogP contribution in [0.25, 0.3) is 10.9 Å². The molecule has 0 unspecified atom stereocenters. The van der Waals surface area contributed by atoms with Gasteiger partial charge in [0.2, 0.25) is 5.95 Å². The number of fused-ring (bicyclic) bond motifs is 1. The molecular formula is C29H34N6O3. The standard InChI is InChI=1S/C29H34N6O3/c1-36-24-9-7-21-17-23(20-31-25(21)19-24)32-28-11-12-30-29(34-28)33-22-8-10-26(27(18-22)37-2)38-16-6-15-35-13-4-3-5-14-35/h7-12,17-20H,3-6,13-16H2,1-2H3,(H2,30,32,33,34). The quantitative estimate of drug-likeness (QED) is 0.241. The van der Waals surface area contributed by atoms with Crippen molar-refractivity contribution in [2.45, 2.75) is 25.7 Å². The van der Waals surface area contributed by atoms with E-state index in [0.717, 1.165) is 46.7 Å². The van der Waals surface area contributed by atoms with Gasteiger partial charge >= 0.3 is 0 Å². The van der Waals surface area contributed by atoms with Crippen LogP contribution >= 0.6 is 0 Å². The molecule has 0 amide bonds. The Hall–Kier alpha value is -4.11. The molecule has 198 valence electrons. The second-order valence-electron chi connectivity index (χ2n) is 9.27. The summed E-state index contributed by atoms with van der Waals surface area (Å²) in [6, 6.07) is 15.4. The summed E-state index contributed by atoms with van der Waals surface area (Å²) in [7, 11) is 3.29. The number of ether oxygens (including phenoxy) is 3. The van der Waals surface area contributed by atoms with E-state index >= 15 is 0 Å². The van der Waals surface area contributed by atoms with Crippen molar-refractivity contribution < 1.29 is 14.2 Å². The molecule has 1 saturated heterocycles. The average Bonchev–Trinajstić information content (AvgIpc) is 2.96. The molecule has 1 aliphatic heterocycles. The zero-order chi connectivity index (χ0) is 26.2. The van der Waals surface area contributed by atoms with Gasteiger partial charge in [0.05, 0.1) is 38.2 Å². The lowest BCUT2D eigenvalue weighted by Crippen LogP contribution is -2.31. The van der Waals surface area contributed by atoms with Crippen LogP contribution in [0.2, 0.25) is 0 Å². The van der Waals surface area contributed by atoms with Crippen molar-refractivity contribution in [3.63, 3.8) is 0 Å². The molecule has 5 rings (SSSR count). The van der Waals surface area contributed by atoms with Crippen molar-refractivity contribution in [1.29, 1.82) is 0 Å².